The van der Waals surface area contributed by atoms with Crippen LogP contribution in [0.15, 0.2) is 18.2 Å². The number of rotatable bonds is 4. The Morgan fingerprint density at radius 3 is 2.60 bits per heavy atom. The third-order valence-corrected chi connectivity index (χ3v) is 2.33. The molecule has 1 N–H and O–H groups in total. The number of aliphatic hydroxyl groups excluding tert-OH is 1. The molecule has 3 heteroatoms. The van der Waals surface area contributed by atoms with E-state index < -0.39 is 6.10 Å². The van der Waals surface area contributed by atoms with Gasteiger partial charge in [-0.3, -0.25) is 0 Å². The van der Waals surface area contributed by atoms with Crippen LogP contribution in [-0.2, 0) is 0 Å². The molecule has 1 aromatic rings. The van der Waals surface area contributed by atoms with Crippen LogP contribution in [0, 0.1) is 5.82 Å². The van der Waals surface area contributed by atoms with Crippen LogP contribution in [0.5, 0.6) is 5.75 Å². The first-order valence-electron chi connectivity index (χ1n) is 5.18. The van der Waals surface area contributed by atoms with Crippen LogP contribution in [0.3, 0.4) is 0 Å². The summed E-state index contributed by atoms with van der Waals surface area (Å²) in [6.45, 7) is 5.54. The van der Waals surface area contributed by atoms with Crippen LogP contribution >= 0.6 is 0 Å². The standard InChI is InChI=1S/C12H17FO2/c1-4-8(2)15-12-7-10(13)5-6-11(12)9(3)14/h5-9,14H,4H2,1-3H3/t8?,9-/m0/s1. The lowest BCUT2D eigenvalue weighted by Crippen LogP contribution is -2.12. The number of aliphatic hydroxyl groups is 1. The molecule has 15 heavy (non-hydrogen) atoms. The summed E-state index contributed by atoms with van der Waals surface area (Å²) in [5, 5.41) is 9.48. The van der Waals surface area contributed by atoms with E-state index in [2.05, 4.69) is 0 Å². The van der Waals surface area contributed by atoms with Gasteiger partial charge in [0.05, 0.1) is 12.2 Å². The third-order valence-electron chi connectivity index (χ3n) is 2.33. The van der Waals surface area contributed by atoms with E-state index in [-0.39, 0.29) is 11.9 Å². The van der Waals surface area contributed by atoms with Gasteiger partial charge < -0.3 is 9.84 Å². The molecule has 0 aliphatic rings. The highest BCUT2D eigenvalue weighted by Crippen LogP contribution is 2.27. The number of hydrogen-bond acceptors (Lipinski definition) is 2. The zero-order valence-electron chi connectivity index (χ0n) is 9.33. The van der Waals surface area contributed by atoms with E-state index in [0.717, 1.165) is 6.42 Å². The lowest BCUT2D eigenvalue weighted by Gasteiger charge is -2.17. The highest BCUT2D eigenvalue weighted by molar-refractivity contribution is 5.35. The summed E-state index contributed by atoms with van der Waals surface area (Å²) in [5.41, 5.74) is 0.622. The number of halogens is 1. The Hall–Kier alpha value is -1.09. The molecule has 0 saturated carbocycles. The molecular formula is C12H17FO2. The molecular weight excluding hydrogens is 195 g/mol. The maximum absolute atomic E-state index is 13.0. The zero-order chi connectivity index (χ0) is 11.4. The average Bonchev–Trinajstić information content (AvgIpc) is 2.17. The molecule has 0 aliphatic heterocycles. The lowest BCUT2D eigenvalue weighted by molar-refractivity contribution is 0.176. The van der Waals surface area contributed by atoms with E-state index in [9.17, 15) is 9.50 Å². The molecule has 0 radical (unpaired) electrons. The number of hydrogen-bond donors (Lipinski definition) is 1. The molecule has 0 heterocycles. The molecule has 0 amide bonds. The van der Waals surface area contributed by atoms with Gasteiger partial charge >= 0.3 is 0 Å². The SMILES string of the molecule is CCC(C)Oc1cc(F)ccc1[C@H](C)O. The van der Waals surface area contributed by atoms with Gasteiger partial charge in [0, 0.05) is 11.6 Å². The first kappa shape index (κ1) is 12.0. The highest BCUT2D eigenvalue weighted by Gasteiger charge is 2.12. The van der Waals surface area contributed by atoms with Crippen LogP contribution in [0.4, 0.5) is 4.39 Å². The smallest absolute Gasteiger partial charge is 0.128 e. The quantitative estimate of drug-likeness (QED) is 0.831. The number of ether oxygens (including phenoxy) is 1. The molecule has 0 saturated heterocycles. The first-order valence-corrected chi connectivity index (χ1v) is 5.18. The van der Waals surface area contributed by atoms with Crippen molar-refractivity contribution in [2.24, 2.45) is 0 Å². The Balaban J connectivity index is 2.96. The van der Waals surface area contributed by atoms with Gasteiger partial charge in [-0.2, -0.15) is 0 Å². The molecule has 0 aliphatic carbocycles. The van der Waals surface area contributed by atoms with Crippen LogP contribution < -0.4 is 4.74 Å². The maximum Gasteiger partial charge on any atom is 0.128 e. The average molecular weight is 212 g/mol. The van der Waals surface area contributed by atoms with Crippen molar-refractivity contribution >= 4 is 0 Å². The Kier molecular flexibility index (Phi) is 4.09. The van der Waals surface area contributed by atoms with E-state index >= 15 is 0 Å². The lowest BCUT2D eigenvalue weighted by atomic mass is 10.1. The van der Waals surface area contributed by atoms with Gasteiger partial charge in [-0.25, -0.2) is 4.39 Å². The normalized spacial score (nSPS) is 14.7. The minimum absolute atomic E-state index is 0.0179. The van der Waals surface area contributed by atoms with Crippen molar-refractivity contribution in [3.05, 3.63) is 29.6 Å². The summed E-state index contributed by atoms with van der Waals surface area (Å²) >= 11 is 0. The second-order valence-electron chi connectivity index (χ2n) is 3.69. The maximum atomic E-state index is 13.0. The Morgan fingerprint density at radius 1 is 1.40 bits per heavy atom. The van der Waals surface area contributed by atoms with Gasteiger partial charge in [0.2, 0.25) is 0 Å². The molecule has 1 rings (SSSR count). The monoisotopic (exact) mass is 212 g/mol. The van der Waals surface area contributed by atoms with Crippen molar-refractivity contribution in [2.75, 3.05) is 0 Å². The van der Waals surface area contributed by atoms with Crippen LogP contribution in [-0.4, -0.2) is 11.2 Å². The summed E-state index contributed by atoms with van der Waals surface area (Å²) < 4.78 is 18.5. The predicted molar refractivity (Wildman–Crippen MR) is 57.4 cm³/mol. The van der Waals surface area contributed by atoms with Crippen molar-refractivity contribution in [3.8, 4) is 5.75 Å². The number of benzene rings is 1. The molecule has 0 aromatic heterocycles. The van der Waals surface area contributed by atoms with Crippen molar-refractivity contribution < 1.29 is 14.2 Å². The fourth-order valence-electron chi connectivity index (χ4n) is 1.26. The van der Waals surface area contributed by atoms with E-state index in [0.29, 0.717) is 11.3 Å². The Morgan fingerprint density at radius 2 is 2.07 bits per heavy atom. The minimum atomic E-state index is -0.648. The molecule has 2 nitrogen and oxygen atoms in total. The third kappa shape index (κ3) is 3.20. The van der Waals surface area contributed by atoms with Crippen molar-refractivity contribution in [3.63, 3.8) is 0 Å². The van der Waals surface area contributed by atoms with Gasteiger partial charge in [-0.05, 0) is 32.4 Å². The molecule has 1 aromatic carbocycles. The molecule has 0 fully saturated rings. The zero-order valence-corrected chi connectivity index (χ0v) is 9.33. The summed E-state index contributed by atoms with van der Waals surface area (Å²) in [6, 6.07) is 4.19. The topological polar surface area (TPSA) is 29.5 Å². The molecule has 84 valence electrons. The molecule has 0 bridgehead atoms. The summed E-state index contributed by atoms with van der Waals surface area (Å²) in [4.78, 5) is 0. The summed E-state index contributed by atoms with van der Waals surface area (Å²) in [6.07, 6.45) is 0.212. The second kappa shape index (κ2) is 5.12. The van der Waals surface area contributed by atoms with Crippen LogP contribution in [0.2, 0.25) is 0 Å². The van der Waals surface area contributed by atoms with Crippen molar-refractivity contribution in [1.82, 2.24) is 0 Å². The highest BCUT2D eigenvalue weighted by atomic mass is 19.1. The molecule has 1 unspecified atom stereocenters. The fraction of sp³-hybridized carbons (Fsp3) is 0.500. The Labute approximate surface area is 89.7 Å². The van der Waals surface area contributed by atoms with Crippen LogP contribution in [0.25, 0.3) is 0 Å². The minimum Gasteiger partial charge on any atom is -0.490 e. The Bertz CT molecular complexity index is 323. The van der Waals surface area contributed by atoms with Crippen molar-refractivity contribution in [2.45, 2.75) is 39.4 Å². The predicted octanol–water partition coefficient (Wildman–Crippen LogP) is 3.06. The van der Waals surface area contributed by atoms with Gasteiger partial charge in [-0.1, -0.05) is 6.92 Å². The summed E-state index contributed by atoms with van der Waals surface area (Å²) in [7, 11) is 0. The van der Waals surface area contributed by atoms with Crippen LogP contribution in [0.1, 0.15) is 38.9 Å². The summed E-state index contributed by atoms with van der Waals surface area (Å²) in [5.74, 6) is 0.0806. The van der Waals surface area contributed by atoms with E-state index in [1.54, 1.807) is 13.0 Å². The van der Waals surface area contributed by atoms with Crippen molar-refractivity contribution in [1.29, 1.82) is 0 Å². The largest absolute Gasteiger partial charge is 0.490 e. The van der Waals surface area contributed by atoms with E-state index in [4.69, 9.17) is 4.74 Å². The molecule has 0 spiro atoms. The van der Waals surface area contributed by atoms with E-state index in [1.807, 2.05) is 13.8 Å². The molecule has 2 atom stereocenters. The fourth-order valence-corrected chi connectivity index (χ4v) is 1.26. The van der Waals surface area contributed by atoms with Gasteiger partial charge in [-0.15, -0.1) is 0 Å². The van der Waals surface area contributed by atoms with Gasteiger partial charge in [0.25, 0.3) is 0 Å². The second-order valence-corrected chi connectivity index (χ2v) is 3.69. The van der Waals surface area contributed by atoms with Gasteiger partial charge in [0.15, 0.2) is 0 Å². The first-order chi connectivity index (χ1) is 7.04. The van der Waals surface area contributed by atoms with E-state index in [1.165, 1.54) is 12.1 Å². The van der Waals surface area contributed by atoms with Gasteiger partial charge in [0.1, 0.15) is 11.6 Å².